The Kier molecular flexibility index (Phi) is 4.00. The summed E-state index contributed by atoms with van der Waals surface area (Å²) < 4.78 is 6.29. The highest BCUT2D eigenvalue weighted by Gasteiger charge is 2.13. The number of carbonyl (C=O) groups excluding carboxylic acids is 2. The van der Waals surface area contributed by atoms with Gasteiger partial charge in [-0.3, -0.25) is 14.3 Å². The highest BCUT2D eigenvalue weighted by molar-refractivity contribution is 6.04. The van der Waals surface area contributed by atoms with E-state index in [2.05, 4.69) is 10.4 Å². The van der Waals surface area contributed by atoms with Gasteiger partial charge in [0.15, 0.2) is 0 Å². The Hall–Kier alpha value is -3.14. The summed E-state index contributed by atoms with van der Waals surface area (Å²) in [6.07, 6.45) is 1.37. The molecule has 7 heteroatoms. The lowest BCUT2D eigenvalue weighted by atomic mass is 10.2. The minimum absolute atomic E-state index is 0.280. The van der Waals surface area contributed by atoms with E-state index in [1.165, 1.54) is 42.1 Å². The van der Waals surface area contributed by atoms with Crippen molar-refractivity contribution < 1.29 is 14.3 Å². The molecule has 1 aromatic carbocycles. The van der Waals surface area contributed by atoms with E-state index in [0.29, 0.717) is 17.1 Å². The Morgan fingerprint density at radius 2 is 2.00 bits per heavy atom. The molecular weight excluding hydrogens is 272 g/mol. The number of rotatable bonds is 3. The molecule has 0 aliphatic heterocycles. The third-order valence-corrected chi connectivity index (χ3v) is 2.67. The predicted molar refractivity (Wildman–Crippen MR) is 73.6 cm³/mol. The zero-order valence-electron chi connectivity index (χ0n) is 11.5. The zero-order valence-corrected chi connectivity index (χ0v) is 11.5. The van der Waals surface area contributed by atoms with Gasteiger partial charge in [-0.15, -0.1) is 0 Å². The van der Waals surface area contributed by atoms with E-state index < -0.39 is 5.97 Å². The van der Waals surface area contributed by atoms with Gasteiger partial charge in [-0.1, -0.05) is 0 Å². The normalized spacial score (nSPS) is 9.76. The summed E-state index contributed by atoms with van der Waals surface area (Å²) in [6.45, 7) is 1.30. The highest BCUT2D eigenvalue weighted by Crippen LogP contribution is 2.16. The maximum Gasteiger partial charge on any atom is 0.308 e. The lowest BCUT2D eigenvalue weighted by molar-refractivity contribution is -0.131. The van der Waals surface area contributed by atoms with E-state index in [1.807, 2.05) is 6.07 Å². The summed E-state index contributed by atoms with van der Waals surface area (Å²) >= 11 is 0. The molecule has 1 N–H and O–H groups in total. The molecule has 0 radical (unpaired) electrons. The maximum atomic E-state index is 12.1. The van der Waals surface area contributed by atoms with Gasteiger partial charge in [0.2, 0.25) is 0 Å². The molecule has 2 rings (SSSR count). The van der Waals surface area contributed by atoms with Crippen LogP contribution in [0, 0.1) is 11.3 Å². The molecule has 0 unspecified atom stereocenters. The molecule has 21 heavy (non-hydrogen) atoms. The number of ether oxygens (including phenoxy) is 1. The van der Waals surface area contributed by atoms with E-state index in [1.54, 1.807) is 7.05 Å². The minimum Gasteiger partial charge on any atom is -0.427 e. The molecule has 106 valence electrons. The third kappa shape index (κ3) is 3.25. The molecular formula is C14H12N4O3. The van der Waals surface area contributed by atoms with Gasteiger partial charge in [0.05, 0.1) is 6.20 Å². The summed E-state index contributed by atoms with van der Waals surface area (Å²) in [4.78, 5) is 22.9. The van der Waals surface area contributed by atoms with Gasteiger partial charge in [0.25, 0.3) is 5.91 Å². The lowest BCUT2D eigenvalue weighted by Gasteiger charge is -2.07. The van der Waals surface area contributed by atoms with Gasteiger partial charge >= 0.3 is 5.97 Å². The molecule has 7 nitrogen and oxygen atoms in total. The van der Waals surface area contributed by atoms with Crippen LogP contribution in [0.2, 0.25) is 0 Å². The Bertz CT molecular complexity index is 726. The van der Waals surface area contributed by atoms with Crippen LogP contribution in [0.5, 0.6) is 5.75 Å². The monoisotopic (exact) mass is 284 g/mol. The first-order chi connectivity index (χ1) is 10.0. The number of nitrogens with zero attached hydrogens (tertiary/aromatic N) is 3. The van der Waals surface area contributed by atoms with Crippen LogP contribution < -0.4 is 10.1 Å². The zero-order chi connectivity index (χ0) is 15.4. The van der Waals surface area contributed by atoms with Crippen LogP contribution in [-0.4, -0.2) is 21.7 Å². The Morgan fingerprint density at radius 1 is 1.33 bits per heavy atom. The number of esters is 1. The molecule has 0 aliphatic rings. The topological polar surface area (TPSA) is 97.0 Å². The number of hydrogen-bond donors (Lipinski definition) is 1. The first kappa shape index (κ1) is 14.3. The van der Waals surface area contributed by atoms with Crippen molar-refractivity contribution in [2.75, 3.05) is 5.32 Å². The summed E-state index contributed by atoms with van der Waals surface area (Å²) in [6, 6.07) is 8.03. The van der Waals surface area contributed by atoms with E-state index in [-0.39, 0.29) is 11.5 Å². The van der Waals surface area contributed by atoms with E-state index in [4.69, 9.17) is 10.00 Å². The van der Waals surface area contributed by atoms with Gasteiger partial charge in [-0.2, -0.15) is 10.4 Å². The number of aromatic nitrogens is 2. The van der Waals surface area contributed by atoms with Crippen LogP contribution >= 0.6 is 0 Å². The second kappa shape index (κ2) is 5.88. The number of nitrogens with one attached hydrogen (secondary N) is 1. The van der Waals surface area contributed by atoms with Crippen LogP contribution in [-0.2, 0) is 11.8 Å². The largest absolute Gasteiger partial charge is 0.427 e. The molecule has 0 atom stereocenters. The number of hydrogen-bond acceptors (Lipinski definition) is 5. The van der Waals surface area contributed by atoms with Crippen molar-refractivity contribution >= 4 is 17.7 Å². The second-order valence-corrected chi connectivity index (χ2v) is 4.21. The maximum absolute atomic E-state index is 12.1. The fourth-order valence-electron chi connectivity index (χ4n) is 1.69. The van der Waals surface area contributed by atoms with Crippen molar-refractivity contribution in [3.8, 4) is 11.8 Å². The van der Waals surface area contributed by atoms with Crippen LogP contribution in [0.15, 0.2) is 30.5 Å². The predicted octanol–water partition coefficient (Wildman–Crippen LogP) is 1.47. The fraction of sp³-hybridized carbons (Fsp3) is 0.143. The van der Waals surface area contributed by atoms with Crippen LogP contribution in [0.25, 0.3) is 0 Å². The third-order valence-electron chi connectivity index (χ3n) is 2.67. The number of amides is 1. The molecule has 1 aromatic heterocycles. The Labute approximate surface area is 120 Å². The molecule has 2 aromatic rings. The van der Waals surface area contributed by atoms with Gasteiger partial charge in [0, 0.05) is 19.5 Å². The number of benzene rings is 1. The number of anilines is 1. The number of nitriles is 1. The van der Waals surface area contributed by atoms with Crippen molar-refractivity contribution in [2.45, 2.75) is 6.92 Å². The van der Waals surface area contributed by atoms with Crippen molar-refractivity contribution in [3.05, 3.63) is 41.6 Å². The molecule has 1 heterocycles. The van der Waals surface area contributed by atoms with Gasteiger partial charge < -0.3 is 10.1 Å². The molecule has 0 saturated heterocycles. The SMILES string of the molecule is CC(=O)Oc1ccc(C(=O)Nc2c(C#N)cnn2C)cc1. The lowest BCUT2D eigenvalue weighted by Crippen LogP contribution is -2.15. The Balaban J connectivity index is 2.15. The molecule has 0 spiro atoms. The first-order valence-corrected chi connectivity index (χ1v) is 6.03. The molecule has 1 amide bonds. The smallest absolute Gasteiger partial charge is 0.308 e. The standard InChI is InChI=1S/C14H12N4O3/c1-9(19)21-12-5-3-10(4-6-12)14(20)17-13-11(7-15)8-16-18(13)2/h3-6,8H,1-2H3,(H,17,20). The molecule has 0 saturated carbocycles. The van der Waals surface area contributed by atoms with E-state index in [9.17, 15) is 9.59 Å². The first-order valence-electron chi connectivity index (χ1n) is 6.03. The summed E-state index contributed by atoms with van der Waals surface area (Å²) in [5.74, 6) is -0.130. The van der Waals surface area contributed by atoms with E-state index >= 15 is 0 Å². The van der Waals surface area contributed by atoms with Crippen LogP contribution in [0.1, 0.15) is 22.8 Å². The van der Waals surface area contributed by atoms with Crippen molar-refractivity contribution in [3.63, 3.8) is 0 Å². The number of carbonyl (C=O) groups is 2. The minimum atomic E-state index is -0.430. The summed E-state index contributed by atoms with van der Waals surface area (Å²) in [7, 11) is 1.63. The van der Waals surface area contributed by atoms with Crippen molar-refractivity contribution in [1.29, 1.82) is 5.26 Å². The Morgan fingerprint density at radius 3 is 2.57 bits per heavy atom. The van der Waals surface area contributed by atoms with Gasteiger partial charge in [-0.25, -0.2) is 0 Å². The van der Waals surface area contributed by atoms with Crippen molar-refractivity contribution in [1.82, 2.24) is 9.78 Å². The molecule has 0 fully saturated rings. The quantitative estimate of drug-likeness (QED) is 0.680. The molecule has 0 aliphatic carbocycles. The fourth-order valence-corrected chi connectivity index (χ4v) is 1.69. The van der Waals surface area contributed by atoms with Gasteiger partial charge in [-0.05, 0) is 24.3 Å². The molecule has 0 bridgehead atoms. The summed E-state index contributed by atoms with van der Waals surface area (Å²) in [5, 5.41) is 15.5. The summed E-state index contributed by atoms with van der Waals surface area (Å²) in [5.41, 5.74) is 0.651. The average Bonchev–Trinajstić information content (AvgIpc) is 2.79. The van der Waals surface area contributed by atoms with E-state index in [0.717, 1.165) is 0 Å². The number of aryl methyl sites for hydroxylation is 1. The van der Waals surface area contributed by atoms with Gasteiger partial charge in [0.1, 0.15) is 23.2 Å². The van der Waals surface area contributed by atoms with Crippen LogP contribution in [0.3, 0.4) is 0 Å². The van der Waals surface area contributed by atoms with Crippen LogP contribution in [0.4, 0.5) is 5.82 Å². The van der Waals surface area contributed by atoms with Crippen molar-refractivity contribution in [2.24, 2.45) is 7.05 Å². The average molecular weight is 284 g/mol. The highest BCUT2D eigenvalue weighted by atomic mass is 16.5. The second-order valence-electron chi connectivity index (χ2n) is 4.21.